The van der Waals surface area contributed by atoms with Gasteiger partial charge in [-0.3, -0.25) is 9.59 Å². The number of nitrogens with zero attached hydrogens (tertiary/aromatic N) is 2. The van der Waals surface area contributed by atoms with Crippen molar-refractivity contribution in [1.82, 2.24) is 9.88 Å². The Morgan fingerprint density at radius 2 is 2.08 bits per heavy atom. The number of thiazole rings is 1. The van der Waals surface area contributed by atoms with Gasteiger partial charge in [0.25, 0.3) is 5.91 Å². The van der Waals surface area contributed by atoms with Gasteiger partial charge in [0, 0.05) is 29.1 Å². The first-order valence-electron chi connectivity index (χ1n) is 8.24. The van der Waals surface area contributed by atoms with Crippen molar-refractivity contribution in [2.45, 2.75) is 19.3 Å². The van der Waals surface area contributed by atoms with Crippen LogP contribution in [0.1, 0.15) is 29.8 Å². The molecule has 1 saturated heterocycles. The number of aromatic nitrogens is 1. The van der Waals surface area contributed by atoms with E-state index < -0.39 is 11.4 Å². The fourth-order valence-corrected chi connectivity index (χ4v) is 4.98. The Bertz CT molecular complexity index is 835. The van der Waals surface area contributed by atoms with Crippen LogP contribution in [0.15, 0.2) is 29.6 Å². The molecule has 25 heavy (non-hydrogen) atoms. The summed E-state index contributed by atoms with van der Waals surface area (Å²) in [6.45, 7) is 0.804. The normalized spacial score (nSPS) is 25.2. The number of amides is 1. The van der Waals surface area contributed by atoms with Crippen LogP contribution in [0, 0.1) is 11.3 Å². The second kappa shape index (κ2) is 6.11. The molecule has 1 aromatic carbocycles. The highest BCUT2D eigenvalue weighted by Crippen LogP contribution is 2.49. The number of carboxylic acids is 1. The summed E-state index contributed by atoms with van der Waals surface area (Å²) in [6, 6.07) is 7.32. The molecule has 1 aromatic heterocycles. The first kappa shape index (κ1) is 16.5. The average Bonchev–Trinajstić information content (AvgIpc) is 3.29. The van der Waals surface area contributed by atoms with Gasteiger partial charge in [-0.05, 0) is 30.9 Å². The van der Waals surface area contributed by atoms with Gasteiger partial charge in [-0.25, -0.2) is 4.98 Å². The Balaban J connectivity index is 1.55. The van der Waals surface area contributed by atoms with Gasteiger partial charge < -0.3 is 10.0 Å². The third-order valence-corrected chi connectivity index (χ3v) is 6.54. The molecule has 0 bridgehead atoms. The van der Waals surface area contributed by atoms with Gasteiger partial charge in [0.15, 0.2) is 0 Å². The van der Waals surface area contributed by atoms with E-state index in [-0.39, 0.29) is 11.8 Å². The van der Waals surface area contributed by atoms with Gasteiger partial charge >= 0.3 is 5.97 Å². The summed E-state index contributed by atoms with van der Waals surface area (Å²) in [4.78, 5) is 30.7. The Hall–Kier alpha value is -1.92. The molecule has 2 aromatic rings. The van der Waals surface area contributed by atoms with Crippen LogP contribution in [0.4, 0.5) is 0 Å². The molecule has 5 nitrogen and oxygen atoms in total. The maximum atomic E-state index is 12.8. The molecule has 4 rings (SSSR count). The third kappa shape index (κ3) is 2.73. The van der Waals surface area contributed by atoms with E-state index in [1.807, 2.05) is 12.1 Å². The molecule has 0 radical (unpaired) electrons. The first-order valence-corrected chi connectivity index (χ1v) is 9.49. The van der Waals surface area contributed by atoms with Gasteiger partial charge in [0.05, 0.1) is 5.41 Å². The van der Waals surface area contributed by atoms with Crippen molar-refractivity contribution in [3.63, 3.8) is 0 Å². The summed E-state index contributed by atoms with van der Waals surface area (Å²) in [6.07, 6.45) is 2.46. The van der Waals surface area contributed by atoms with E-state index in [4.69, 9.17) is 11.6 Å². The molecule has 2 aliphatic rings. The van der Waals surface area contributed by atoms with Crippen molar-refractivity contribution >= 4 is 34.8 Å². The Labute approximate surface area is 154 Å². The maximum absolute atomic E-state index is 12.8. The smallest absolute Gasteiger partial charge is 0.311 e. The van der Waals surface area contributed by atoms with E-state index >= 15 is 0 Å². The zero-order chi connectivity index (χ0) is 17.6. The summed E-state index contributed by atoms with van der Waals surface area (Å²) < 4.78 is 0. The molecule has 1 aliphatic heterocycles. The monoisotopic (exact) mass is 376 g/mol. The fraction of sp³-hybridized carbons (Fsp3) is 0.389. The molecular formula is C18H17ClN2O3S. The molecule has 0 unspecified atom stereocenters. The molecule has 2 fully saturated rings. The molecule has 1 N–H and O–H groups in total. The van der Waals surface area contributed by atoms with E-state index in [0.29, 0.717) is 30.2 Å². The highest BCUT2D eigenvalue weighted by atomic mass is 35.5. The Kier molecular flexibility index (Phi) is 4.04. The molecule has 0 spiro atoms. The quantitative estimate of drug-likeness (QED) is 0.884. The number of benzene rings is 1. The zero-order valence-electron chi connectivity index (χ0n) is 13.4. The lowest BCUT2D eigenvalue weighted by atomic mass is 9.81. The molecule has 7 heteroatoms. The van der Waals surface area contributed by atoms with Gasteiger partial charge in [0.2, 0.25) is 0 Å². The number of carboxylic acid groups (broad SMARTS) is 1. The SMILES string of the molecule is O=C(c1csc(-c2ccc(Cl)cc2)n1)N1C[C@@H]2CCC[C@@]2(C(=O)O)C1. The zero-order valence-corrected chi connectivity index (χ0v) is 15.0. The molecule has 130 valence electrons. The molecule has 1 aliphatic carbocycles. The van der Waals surface area contributed by atoms with Crippen LogP contribution in [-0.2, 0) is 4.79 Å². The lowest BCUT2D eigenvalue weighted by molar-refractivity contribution is -0.149. The number of hydrogen-bond donors (Lipinski definition) is 1. The van der Waals surface area contributed by atoms with Gasteiger partial charge in [0.1, 0.15) is 10.7 Å². The van der Waals surface area contributed by atoms with E-state index in [0.717, 1.165) is 23.4 Å². The van der Waals surface area contributed by atoms with E-state index in [1.54, 1.807) is 22.4 Å². The summed E-state index contributed by atoms with van der Waals surface area (Å²) in [5, 5.41) is 12.8. The molecule has 1 amide bonds. The number of rotatable bonds is 3. The number of hydrogen-bond acceptors (Lipinski definition) is 4. The topological polar surface area (TPSA) is 70.5 Å². The summed E-state index contributed by atoms with van der Waals surface area (Å²) in [7, 11) is 0. The second-order valence-electron chi connectivity index (χ2n) is 6.78. The molecular weight excluding hydrogens is 360 g/mol. The highest BCUT2D eigenvalue weighted by Gasteiger charge is 2.55. The number of carbonyl (C=O) groups is 2. The van der Waals surface area contributed by atoms with Crippen LogP contribution >= 0.6 is 22.9 Å². The van der Waals surface area contributed by atoms with Crippen LogP contribution in [0.25, 0.3) is 10.6 Å². The minimum atomic E-state index is -0.773. The minimum absolute atomic E-state index is 0.0586. The van der Waals surface area contributed by atoms with E-state index in [2.05, 4.69) is 4.98 Å². The fourth-order valence-electron chi connectivity index (χ4n) is 4.05. The van der Waals surface area contributed by atoms with Crippen LogP contribution < -0.4 is 0 Å². The van der Waals surface area contributed by atoms with Crippen molar-refractivity contribution in [2.24, 2.45) is 11.3 Å². The van der Waals surface area contributed by atoms with Crippen molar-refractivity contribution in [1.29, 1.82) is 0 Å². The standard InChI is InChI=1S/C18H17ClN2O3S/c19-13-5-3-11(4-6-13)15-20-14(9-25-15)16(22)21-8-12-2-1-7-18(12,10-21)17(23)24/h3-6,9,12H,1-2,7-8,10H2,(H,23,24)/t12-,18+/m0/s1. The number of likely N-dealkylation sites (tertiary alicyclic amines) is 1. The largest absolute Gasteiger partial charge is 0.481 e. The number of halogens is 1. The summed E-state index contributed by atoms with van der Waals surface area (Å²) >= 11 is 7.30. The first-order chi connectivity index (χ1) is 12.0. The predicted molar refractivity (Wildman–Crippen MR) is 95.9 cm³/mol. The number of fused-ring (bicyclic) bond motifs is 1. The number of carbonyl (C=O) groups excluding carboxylic acids is 1. The van der Waals surface area contributed by atoms with Crippen LogP contribution in [-0.4, -0.2) is 40.0 Å². The maximum Gasteiger partial charge on any atom is 0.311 e. The lowest BCUT2D eigenvalue weighted by Crippen LogP contribution is -2.37. The van der Waals surface area contributed by atoms with Gasteiger partial charge in [-0.2, -0.15) is 0 Å². The summed E-state index contributed by atoms with van der Waals surface area (Å²) in [5.41, 5.74) is 0.536. The highest BCUT2D eigenvalue weighted by molar-refractivity contribution is 7.13. The number of aliphatic carboxylic acids is 1. The third-order valence-electron chi connectivity index (χ3n) is 5.40. The van der Waals surface area contributed by atoms with Crippen LogP contribution in [0.3, 0.4) is 0 Å². The molecule has 2 atom stereocenters. The molecule has 2 heterocycles. The minimum Gasteiger partial charge on any atom is -0.481 e. The average molecular weight is 377 g/mol. The van der Waals surface area contributed by atoms with Crippen molar-refractivity contribution in [3.05, 3.63) is 40.4 Å². The lowest BCUT2D eigenvalue weighted by Gasteiger charge is -2.23. The summed E-state index contributed by atoms with van der Waals surface area (Å²) in [5.74, 6) is -0.889. The van der Waals surface area contributed by atoms with Crippen LogP contribution in [0.2, 0.25) is 5.02 Å². The van der Waals surface area contributed by atoms with Crippen molar-refractivity contribution < 1.29 is 14.7 Å². The van der Waals surface area contributed by atoms with Crippen molar-refractivity contribution in [2.75, 3.05) is 13.1 Å². The molecule has 1 saturated carbocycles. The van der Waals surface area contributed by atoms with Gasteiger partial charge in [-0.1, -0.05) is 30.2 Å². The Morgan fingerprint density at radius 1 is 1.32 bits per heavy atom. The van der Waals surface area contributed by atoms with Gasteiger partial charge in [-0.15, -0.1) is 11.3 Å². The Morgan fingerprint density at radius 3 is 2.76 bits per heavy atom. The van der Waals surface area contributed by atoms with E-state index in [1.165, 1.54) is 11.3 Å². The van der Waals surface area contributed by atoms with E-state index in [9.17, 15) is 14.7 Å². The second-order valence-corrected chi connectivity index (χ2v) is 8.08. The van der Waals surface area contributed by atoms with Crippen molar-refractivity contribution in [3.8, 4) is 10.6 Å². The predicted octanol–water partition coefficient (Wildman–Crippen LogP) is 3.79. The van der Waals surface area contributed by atoms with Crippen LogP contribution in [0.5, 0.6) is 0 Å².